The second-order valence-electron chi connectivity index (χ2n) is 6.79. The van der Waals surface area contributed by atoms with Gasteiger partial charge in [-0.2, -0.15) is 5.10 Å². The van der Waals surface area contributed by atoms with Crippen LogP contribution in [0.5, 0.6) is 5.88 Å². The third kappa shape index (κ3) is 3.75. The maximum atomic E-state index is 12.4. The van der Waals surface area contributed by atoms with Gasteiger partial charge in [0, 0.05) is 31.6 Å². The Morgan fingerprint density at radius 1 is 1.48 bits per heavy atom. The summed E-state index contributed by atoms with van der Waals surface area (Å²) in [5, 5.41) is 7.38. The first-order chi connectivity index (χ1) is 9.80. The summed E-state index contributed by atoms with van der Waals surface area (Å²) in [7, 11) is 4.07. The lowest BCUT2D eigenvalue weighted by atomic mass is 9.93. The van der Waals surface area contributed by atoms with Crippen LogP contribution in [0, 0.1) is 12.3 Å². The van der Waals surface area contributed by atoms with Crippen molar-refractivity contribution in [2.45, 2.75) is 33.7 Å². The van der Waals surface area contributed by atoms with Gasteiger partial charge >= 0.3 is 0 Å². The molecule has 118 valence electrons. The van der Waals surface area contributed by atoms with Crippen molar-refractivity contribution in [3.05, 3.63) is 11.3 Å². The van der Waals surface area contributed by atoms with Crippen molar-refractivity contribution in [1.82, 2.24) is 20.0 Å². The second-order valence-corrected chi connectivity index (χ2v) is 6.79. The van der Waals surface area contributed by atoms with Crippen LogP contribution in [0.15, 0.2) is 0 Å². The fourth-order valence-corrected chi connectivity index (χ4v) is 2.78. The van der Waals surface area contributed by atoms with E-state index < -0.39 is 0 Å². The molecule has 0 saturated carbocycles. The highest BCUT2D eigenvalue weighted by molar-refractivity contribution is 5.94. The van der Waals surface area contributed by atoms with Gasteiger partial charge in [0.1, 0.15) is 0 Å². The van der Waals surface area contributed by atoms with E-state index in [0.717, 1.165) is 31.0 Å². The SMILES string of the molecule is Cc1c(C(=O)NCC(C)(C)CN(C)C)nn2c1OCCC2. The van der Waals surface area contributed by atoms with E-state index in [-0.39, 0.29) is 11.3 Å². The molecule has 1 aromatic heterocycles. The third-order valence-corrected chi connectivity index (χ3v) is 3.57. The number of aromatic nitrogens is 2. The highest BCUT2D eigenvalue weighted by Crippen LogP contribution is 2.25. The number of ether oxygens (including phenoxy) is 1. The molecule has 0 aliphatic carbocycles. The normalized spacial score (nSPS) is 14.8. The molecule has 0 spiro atoms. The predicted molar refractivity (Wildman–Crippen MR) is 81.7 cm³/mol. The van der Waals surface area contributed by atoms with E-state index in [1.54, 1.807) is 4.68 Å². The molecule has 1 amide bonds. The zero-order valence-electron chi connectivity index (χ0n) is 13.7. The van der Waals surface area contributed by atoms with E-state index in [1.165, 1.54) is 0 Å². The van der Waals surface area contributed by atoms with Crippen LogP contribution in [0.1, 0.15) is 36.3 Å². The Hall–Kier alpha value is -1.56. The van der Waals surface area contributed by atoms with Gasteiger partial charge < -0.3 is 15.0 Å². The predicted octanol–water partition coefficient (Wildman–Crippen LogP) is 1.29. The smallest absolute Gasteiger partial charge is 0.272 e. The molecule has 0 aromatic carbocycles. The molecule has 0 unspecified atom stereocenters. The highest BCUT2D eigenvalue weighted by atomic mass is 16.5. The molecule has 21 heavy (non-hydrogen) atoms. The average molecular weight is 294 g/mol. The number of hydrogen-bond donors (Lipinski definition) is 1. The van der Waals surface area contributed by atoms with Crippen LogP contribution < -0.4 is 10.1 Å². The van der Waals surface area contributed by atoms with Gasteiger partial charge in [-0.15, -0.1) is 0 Å². The molecular weight excluding hydrogens is 268 g/mol. The zero-order chi connectivity index (χ0) is 15.6. The number of aryl methyl sites for hydroxylation is 1. The van der Waals surface area contributed by atoms with E-state index in [9.17, 15) is 4.79 Å². The Balaban J connectivity index is 2.02. The fraction of sp³-hybridized carbons (Fsp3) is 0.733. The first-order valence-corrected chi connectivity index (χ1v) is 7.43. The van der Waals surface area contributed by atoms with Crippen molar-refractivity contribution in [1.29, 1.82) is 0 Å². The Bertz CT molecular complexity index is 520. The van der Waals surface area contributed by atoms with Gasteiger partial charge in [-0.3, -0.25) is 4.79 Å². The topological polar surface area (TPSA) is 59.4 Å². The van der Waals surface area contributed by atoms with Crippen molar-refractivity contribution in [2.24, 2.45) is 5.41 Å². The lowest BCUT2D eigenvalue weighted by molar-refractivity contribution is 0.0922. The molecule has 1 aliphatic heterocycles. The van der Waals surface area contributed by atoms with Crippen LogP contribution >= 0.6 is 0 Å². The summed E-state index contributed by atoms with van der Waals surface area (Å²) in [6.07, 6.45) is 0.936. The number of carbonyl (C=O) groups excluding carboxylic acids is 1. The minimum absolute atomic E-state index is 0.0168. The summed E-state index contributed by atoms with van der Waals surface area (Å²) in [5.74, 6) is 0.615. The van der Waals surface area contributed by atoms with Gasteiger partial charge in [0.15, 0.2) is 5.69 Å². The maximum Gasteiger partial charge on any atom is 0.272 e. The quantitative estimate of drug-likeness (QED) is 0.889. The second kappa shape index (κ2) is 6.05. The lowest BCUT2D eigenvalue weighted by Gasteiger charge is -2.28. The highest BCUT2D eigenvalue weighted by Gasteiger charge is 2.25. The lowest BCUT2D eigenvalue weighted by Crippen LogP contribution is -2.40. The van der Waals surface area contributed by atoms with Crippen molar-refractivity contribution in [2.75, 3.05) is 33.8 Å². The minimum atomic E-state index is -0.121. The molecule has 0 saturated heterocycles. The molecule has 6 heteroatoms. The zero-order valence-corrected chi connectivity index (χ0v) is 13.7. The molecule has 2 heterocycles. The molecule has 2 rings (SSSR count). The fourth-order valence-electron chi connectivity index (χ4n) is 2.78. The third-order valence-electron chi connectivity index (χ3n) is 3.57. The van der Waals surface area contributed by atoms with Crippen LogP contribution in [0.4, 0.5) is 0 Å². The molecule has 0 radical (unpaired) electrons. The van der Waals surface area contributed by atoms with Gasteiger partial charge in [-0.05, 0) is 26.4 Å². The van der Waals surface area contributed by atoms with Crippen molar-refractivity contribution >= 4 is 5.91 Å². The minimum Gasteiger partial charge on any atom is -0.478 e. The number of nitrogens with zero attached hydrogens (tertiary/aromatic N) is 3. The molecule has 0 atom stereocenters. The molecule has 0 fully saturated rings. The Morgan fingerprint density at radius 2 is 2.19 bits per heavy atom. The Kier molecular flexibility index (Phi) is 4.56. The Morgan fingerprint density at radius 3 is 2.81 bits per heavy atom. The van der Waals surface area contributed by atoms with Gasteiger partial charge in [0.25, 0.3) is 5.91 Å². The van der Waals surface area contributed by atoms with Crippen LogP contribution in [-0.4, -0.2) is 54.4 Å². The summed E-state index contributed by atoms with van der Waals surface area (Å²) >= 11 is 0. The van der Waals surface area contributed by atoms with E-state index >= 15 is 0 Å². The summed E-state index contributed by atoms with van der Waals surface area (Å²) in [6, 6.07) is 0. The first-order valence-electron chi connectivity index (χ1n) is 7.43. The van der Waals surface area contributed by atoms with Gasteiger partial charge in [0.2, 0.25) is 5.88 Å². The summed E-state index contributed by atoms with van der Waals surface area (Å²) < 4.78 is 7.39. The van der Waals surface area contributed by atoms with Crippen molar-refractivity contribution in [3.63, 3.8) is 0 Å². The van der Waals surface area contributed by atoms with E-state index in [4.69, 9.17) is 4.74 Å². The van der Waals surface area contributed by atoms with E-state index in [2.05, 4.69) is 29.2 Å². The number of amides is 1. The average Bonchev–Trinajstić information content (AvgIpc) is 2.73. The summed E-state index contributed by atoms with van der Waals surface area (Å²) in [5.41, 5.74) is 1.33. The largest absolute Gasteiger partial charge is 0.478 e. The summed E-state index contributed by atoms with van der Waals surface area (Å²) in [4.78, 5) is 14.5. The van der Waals surface area contributed by atoms with Gasteiger partial charge in [-0.1, -0.05) is 13.8 Å². The summed E-state index contributed by atoms with van der Waals surface area (Å²) in [6.45, 7) is 9.22. The molecular formula is C15H26N4O2. The van der Waals surface area contributed by atoms with Gasteiger partial charge in [0.05, 0.1) is 6.61 Å². The molecule has 1 aliphatic rings. The first kappa shape index (κ1) is 15.8. The van der Waals surface area contributed by atoms with Crippen LogP contribution in [-0.2, 0) is 6.54 Å². The number of nitrogens with one attached hydrogen (secondary N) is 1. The van der Waals surface area contributed by atoms with Crippen molar-refractivity contribution in [3.8, 4) is 5.88 Å². The molecule has 1 N–H and O–H groups in total. The van der Waals surface area contributed by atoms with Gasteiger partial charge in [-0.25, -0.2) is 4.68 Å². The van der Waals surface area contributed by atoms with Crippen LogP contribution in [0.3, 0.4) is 0 Å². The van der Waals surface area contributed by atoms with Crippen molar-refractivity contribution < 1.29 is 9.53 Å². The van der Waals surface area contributed by atoms with Crippen LogP contribution in [0.25, 0.3) is 0 Å². The molecule has 6 nitrogen and oxygen atoms in total. The Labute approximate surface area is 126 Å². The molecule has 0 bridgehead atoms. The standard InChI is InChI=1S/C15H26N4O2/c1-11-12(17-19-7-6-8-21-14(11)19)13(20)16-9-15(2,3)10-18(4)5/h6-10H2,1-5H3,(H,16,20). The van der Waals surface area contributed by atoms with Crippen LogP contribution in [0.2, 0.25) is 0 Å². The van der Waals surface area contributed by atoms with E-state index in [1.807, 2.05) is 21.0 Å². The maximum absolute atomic E-state index is 12.4. The number of hydrogen-bond acceptors (Lipinski definition) is 4. The monoisotopic (exact) mass is 294 g/mol. The molecule has 1 aromatic rings. The number of rotatable bonds is 5. The van der Waals surface area contributed by atoms with E-state index in [0.29, 0.717) is 18.8 Å². The number of fused-ring (bicyclic) bond motifs is 1. The number of carbonyl (C=O) groups is 1.